The monoisotopic (exact) mass is 354 g/mol. The Morgan fingerprint density at radius 3 is 2.88 bits per heavy atom. The summed E-state index contributed by atoms with van der Waals surface area (Å²) in [7, 11) is 0. The van der Waals surface area contributed by atoms with Crippen molar-refractivity contribution in [3.8, 4) is 0 Å². The van der Waals surface area contributed by atoms with Crippen molar-refractivity contribution in [1.82, 2.24) is 9.80 Å². The maximum absolute atomic E-state index is 13.3. The number of carbonyl (C=O) groups excluding carboxylic acids is 1. The van der Waals surface area contributed by atoms with Crippen LogP contribution < -0.4 is 0 Å². The average molecular weight is 355 g/mol. The van der Waals surface area contributed by atoms with Crippen LogP contribution in [0.3, 0.4) is 0 Å². The Balaban J connectivity index is 1.67. The number of rotatable bonds is 4. The molecule has 1 unspecified atom stereocenters. The molecule has 0 aliphatic carbocycles. The number of piperidine rings is 2. The van der Waals surface area contributed by atoms with E-state index in [0.717, 1.165) is 51.0 Å². The van der Waals surface area contributed by atoms with Crippen molar-refractivity contribution >= 4 is 17.5 Å². The third-order valence-corrected chi connectivity index (χ3v) is 5.54. The molecule has 1 aromatic carbocycles. The van der Waals surface area contributed by atoms with E-state index in [1.165, 1.54) is 6.07 Å². The largest absolute Gasteiger partial charge is 0.395 e. The first-order valence-corrected chi connectivity index (χ1v) is 8.94. The van der Waals surface area contributed by atoms with Gasteiger partial charge in [0.05, 0.1) is 11.6 Å². The minimum absolute atomic E-state index is 0.0135. The maximum Gasteiger partial charge on any atom is 0.222 e. The molecule has 3 rings (SSSR count). The van der Waals surface area contributed by atoms with Crippen LogP contribution in [0, 0.1) is 11.2 Å². The van der Waals surface area contributed by atoms with E-state index in [-0.39, 0.29) is 28.8 Å². The van der Waals surface area contributed by atoms with E-state index in [4.69, 9.17) is 11.6 Å². The fourth-order valence-corrected chi connectivity index (χ4v) is 4.30. The summed E-state index contributed by atoms with van der Waals surface area (Å²) in [5, 5.41) is 9.33. The summed E-state index contributed by atoms with van der Waals surface area (Å²) in [5.41, 5.74) is 1.13. The number of halogens is 2. The lowest BCUT2D eigenvalue weighted by Crippen LogP contribution is -2.54. The Hall–Kier alpha value is -1.17. The zero-order valence-electron chi connectivity index (χ0n) is 13.8. The predicted molar refractivity (Wildman–Crippen MR) is 91.3 cm³/mol. The molecule has 0 aromatic heterocycles. The highest BCUT2D eigenvalue weighted by molar-refractivity contribution is 6.30. The van der Waals surface area contributed by atoms with Crippen molar-refractivity contribution in [2.75, 3.05) is 32.8 Å². The topological polar surface area (TPSA) is 43.8 Å². The van der Waals surface area contributed by atoms with Gasteiger partial charge < -0.3 is 10.0 Å². The van der Waals surface area contributed by atoms with Crippen LogP contribution in [0.25, 0.3) is 0 Å². The normalized spacial score (nSPS) is 25.5. The lowest BCUT2D eigenvalue weighted by molar-refractivity contribution is -0.140. The van der Waals surface area contributed by atoms with Crippen molar-refractivity contribution < 1.29 is 14.3 Å². The smallest absolute Gasteiger partial charge is 0.222 e. The van der Waals surface area contributed by atoms with Crippen LogP contribution in [0.5, 0.6) is 0 Å². The SMILES string of the molecule is O=C1CCC2(CCCN(Cc3ccc(F)c(Cl)c3)C2)CN1CCO. The number of aliphatic hydroxyl groups is 1. The van der Waals surface area contributed by atoms with Gasteiger partial charge in [-0.25, -0.2) is 4.39 Å². The van der Waals surface area contributed by atoms with Crippen molar-refractivity contribution in [2.45, 2.75) is 32.2 Å². The molecule has 0 saturated carbocycles. The summed E-state index contributed by atoms with van der Waals surface area (Å²) in [6, 6.07) is 4.89. The summed E-state index contributed by atoms with van der Waals surface area (Å²) < 4.78 is 13.3. The number of nitrogens with zero attached hydrogens (tertiary/aromatic N) is 2. The van der Waals surface area contributed by atoms with Gasteiger partial charge in [0.25, 0.3) is 0 Å². The summed E-state index contributed by atoms with van der Waals surface area (Å²) in [5.74, 6) is -0.238. The number of β-amino-alcohol motifs (C(OH)–C–C–N with tert-alkyl or cyclic N) is 1. The molecular formula is C18H24ClFN2O2. The van der Waals surface area contributed by atoms with Crippen LogP contribution in [-0.4, -0.2) is 53.6 Å². The van der Waals surface area contributed by atoms with Gasteiger partial charge >= 0.3 is 0 Å². The van der Waals surface area contributed by atoms with Crippen molar-refractivity contribution in [3.05, 3.63) is 34.6 Å². The van der Waals surface area contributed by atoms with Crippen LogP contribution >= 0.6 is 11.6 Å². The van der Waals surface area contributed by atoms with E-state index in [9.17, 15) is 14.3 Å². The Morgan fingerprint density at radius 2 is 2.12 bits per heavy atom. The Kier molecular flexibility index (Phi) is 5.42. The van der Waals surface area contributed by atoms with Crippen molar-refractivity contribution in [1.29, 1.82) is 0 Å². The van der Waals surface area contributed by atoms with Gasteiger partial charge in [0, 0.05) is 38.0 Å². The van der Waals surface area contributed by atoms with E-state index in [1.54, 1.807) is 12.1 Å². The second kappa shape index (κ2) is 7.38. The molecule has 1 spiro atoms. The van der Waals surface area contributed by atoms with Gasteiger partial charge in [-0.1, -0.05) is 17.7 Å². The maximum atomic E-state index is 13.3. The first-order valence-electron chi connectivity index (χ1n) is 8.56. The minimum Gasteiger partial charge on any atom is -0.395 e. The van der Waals surface area contributed by atoms with Crippen LogP contribution in [0.2, 0.25) is 5.02 Å². The van der Waals surface area contributed by atoms with Gasteiger partial charge in [0.15, 0.2) is 0 Å². The molecule has 1 aromatic rings. The van der Waals surface area contributed by atoms with Gasteiger partial charge in [-0.3, -0.25) is 9.69 Å². The van der Waals surface area contributed by atoms with Crippen molar-refractivity contribution in [3.63, 3.8) is 0 Å². The summed E-state index contributed by atoms with van der Waals surface area (Å²) in [6.07, 6.45) is 3.68. The number of amides is 1. The molecule has 2 aliphatic heterocycles. The van der Waals surface area contributed by atoms with Crippen LogP contribution in [0.4, 0.5) is 4.39 Å². The van der Waals surface area contributed by atoms with Crippen LogP contribution in [0.1, 0.15) is 31.2 Å². The molecule has 1 amide bonds. The average Bonchev–Trinajstić information content (AvgIpc) is 2.55. The zero-order valence-corrected chi connectivity index (χ0v) is 14.6. The third kappa shape index (κ3) is 3.90. The van der Waals surface area contributed by atoms with Gasteiger partial charge in [-0.05, 0) is 43.5 Å². The molecule has 2 fully saturated rings. The highest BCUT2D eigenvalue weighted by Crippen LogP contribution is 2.39. The molecule has 0 radical (unpaired) electrons. The molecule has 132 valence electrons. The number of likely N-dealkylation sites (tertiary alicyclic amines) is 2. The van der Waals surface area contributed by atoms with E-state index in [1.807, 2.05) is 4.90 Å². The lowest BCUT2D eigenvalue weighted by Gasteiger charge is -2.48. The molecule has 6 heteroatoms. The number of carbonyl (C=O) groups is 1. The summed E-state index contributed by atoms with van der Waals surface area (Å²) >= 11 is 5.88. The minimum atomic E-state index is -0.388. The molecule has 0 bridgehead atoms. The van der Waals surface area contributed by atoms with Gasteiger partial charge in [0.2, 0.25) is 5.91 Å². The van der Waals surface area contributed by atoms with Gasteiger partial charge in [-0.2, -0.15) is 0 Å². The van der Waals surface area contributed by atoms with E-state index in [2.05, 4.69) is 4.90 Å². The van der Waals surface area contributed by atoms with Crippen LogP contribution in [-0.2, 0) is 11.3 Å². The number of aliphatic hydroxyl groups excluding tert-OH is 1. The first-order chi connectivity index (χ1) is 11.5. The molecule has 24 heavy (non-hydrogen) atoms. The fraction of sp³-hybridized carbons (Fsp3) is 0.611. The molecule has 2 aliphatic rings. The van der Waals surface area contributed by atoms with E-state index >= 15 is 0 Å². The first kappa shape index (κ1) is 17.6. The van der Waals surface area contributed by atoms with Gasteiger partial charge in [-0.15, -0.1) is 0 Å². The Morgan fingerprint density at radius 1 is 1.29 bits per heavy atom. The van der Waals surface area contributed by atoms with E-state index in [0.29, 0.717) is 13.0 Å². The Labute approximate surface area is 147 Å². The summed E-state index contributed by atoms with van der Waals surface area (Å²) in [4.78, 5) is 16.2. The molecule has 1 atom stereocenters. The van der Waals surface area contributed by atoms with Gasteiger partial charge in [0.1, 0.15) is 5.82 Å². The molecule has 4 nitrogen and oxygen atoms in total. The highest BCUT2D eigenvalue weighted by atomic mass is 35.5. The lowest BCUT2D eigenvalue weighted by atomic mass is 9.73. The summed E-state index contributed by atoms with van der Waals surface area (Å²) in [6.45, 7) is 3.85. The number of benzene rings is 1. The quantitative estimate of drug-likeness (QED) is 0.904. The fourth-order valence-electron chi connectivity index (χ4n) is 4.10. The molecule has 2 saturated heterocycles. The second-order valence-corrected chi connectivity index (χ2v) is 7.51. The number of hydrogen-bond donors (Lipinski definition) is 1. The number of hydrogen-bond acceptors (Lipinski definition) is 3. The van der Waals surface area contributed by atoms with E-state index < -0.39 is 0 Å². The third-order valence-electron chi connectivity index (χ3n) is 5.25. The Bertz CT molecular complexity index is 613. The van der Waals surface area contributed by atoms with Crippen molar-refractivity contribution in [2.24, 2.45) is 5.41 Å². The molecule has 2 heterocycles. The second-order valence-electron chi connectivity index (χ2n) is 7.10. The highest BCUT2D eigenvalue weighted by Gasteiger charge is 2.41. The van der Waals surface area contributed by atoms with Crippen LogP contribution in [0.15, 0.2) is 18.2 Å². The molecule has 1 N–H and O–H groups in total. The predicted octanol–water partition coefficient (Wildman–Crippen LogP) is 2.68. The standard InChI is InChI=1S/C18H24ClFN2O2/c19-15-10-14(2-3-16(15)20)11-21-7-1-5-18(12-21)6-4-17(24)22(13-18)8-9-23/h2-3,10,23H,1,4-9,11-13H2. The molecular weight excluding hydrogens is 331 g/mol. The zero-order chi connectivity index (χ0) is 17.2.